The van der Waals surface area contributed by atoms with Crippen LogP contribution >= 0.6 is 11.6 Å². The van der Waals surface area contributed by atoms with E-state index in [4.69, 9.17) is 26.6 Å². The Kier molecular flexibility index (Phi) is 2.98. The smallest absolute Gasteiger partial charge is 0.190 e. The van der Waals surface area contributed by atoms with Crippen LogP contribution in [0.1, 0.15) is 11.3 Å². The Morgan fingerprint density at radius 1 is 1.35 bits per heavy atom. The van der Waals surface area contributed by atoms with Crippen molar-refractivity contribution < 1.29 is 9.26 Å². The minimum Gasteiger partial charge on any atom is -0.495 e. The average molecular weight is 253 g/mol. The van der Waals surface area contributed by atoms with Crippen molar-refractivity contribution in [2.45, 2.75) is 13.8 Å². The summed E-state index contributed by atoms with van der Waals surface area (Å²) in [5, 5.41) is 4.35. The fourth-order valence-corrected chi connectivity index (χ4v) is 1.87. The maximum Gasteiger partial charge on any atom is 0.190 e. The molecule has 2 aromatic rings. The predicted molar refractivity (Wildman–Crippen MR) is 67.4 cm³/mol. The van der Waals surface area contributed by atoms with Gasteiger partial charge in [0.1, 0.15) is 17.1 Å². The molecule has 5 heteroatoms. The van der Waals surface area contributed by atoms with E-state index in [9.17, 15) is 0 Å². The van der Waals surface area contributed by atoms with E-state index in [-0.39, 0.29) is 0 Å². The van der Waals surface area contributed by atoms with Crippen LogP contribution in [0.5, 0.6) is 5.75 Å². The fourth-order valence-electron chi connectivity index (χ4n) is 1.63. The normalized spacial score (nSPS) is 10.6. The van der Waals surface area contributed by atoms with Gasteiger partial charge in [-0.25, -0.2) is 0 Å². The van der Waals surface area contributed by atoms with Crippen LogP contribution in [0.4, 0.5) is 5.69 Å². The lowest BCUT2D eigenvalue weighted by molar-refractivity contribution is 0.414. The summed E-state index contributed by atoms with van der Waals surface area (Å²) in [5.41, 5.74) is 8.90. The molecule has 1 aromatic carbocycles. The van der Waals surface area contributed by atoms with Crippen molar-refractivity contribution in [2.75, 3.05) is 12.8 Å². The summed E-state index contributed by atoms with van der Waals surface area (Å²) >= 11 is 6.08. The third-order valence-corrected chi connectivity index (χ3v) is 2.95. The molecule has 1 aromatic heterocycles. The number of nitrogens with zero attached hydrogens (tertiary/aromatic N) is 1. The molecule has 0 saturated heterocycles. The molecule has 2 rings (SSSR count). The van der Waals surface area contributed by atoms with Crippen molar-refractivity contribution in [3.8, 4) is 17.1 Å². The number of aryl methyl sites for hydroxylation is 2. The molecule has 90 valence electrons. The lowest BCUT2D eigenvalue weighted by Crippen LogP contribution is -1.92. The monoisotopic (exact) mass is 252 g/mol. The zero-order valence-electron chi connectivity index (χ0n) is 9.87. The van der Waals surface area contributed by atoms with E-state index in [2.05, 4.69) is 5.16 Å². The zero-order chi connectivity index (χ0) is 12.6. The van der Waals surface area contributed by atoms with Crippen LogP contribution in [0, 0.1) is 13.8 Å². The largest absolute Gasteiger partial charge is 0.495 e. The first kappa shape index (κ1) is 11.8. The third-order valence-electron chi connectivity index (χ3n) is 2.65. The highest BCUT2D eigenvalue weighted by molar-refractivity contribution is 6.32. The second kappa shape index (κ2) is 4.30. The first-order valence-corrected chi connectivity index (χ1v) is 5.48. The molecule has 0 unspecified atom stereocenters. The van der Waals surface area contributed by atoms with E-state index in [0.29, 0.717) is 27.9 Å². The van der Waals surface area contributed by atoms with Gasteiger partial charge in [-0.15, -0.1) is 0 Å². The topological polar surface area (TPSA) is 61.3 Å². The summed E-state index contributed by atoms with van der Waals surface area (Å²) in [6.07, 6.45) is 0. The maximum atomic E-state index is 6.08. The van der Waals surface area contributed by atoms with E-state index in [1.54, 1.807) is 20.1 Å². The standard InChI is InChI=1S/C12H13ClN2O2/c1-6-4-10(16-3)9(13)5-8(6)12-11(14)7(2)15-17-12/h4-5H,14H2,1-3H3. The van der Waals surface area contributed by atoms with Gasteiger partial charge in [-0.3, -0.25) is 0 Å². The highest BCUT2D eigenvalue weighted by Gasteiger charge is 2.16. The van der Waals surface area contributed by atoms with Gasteiger partial charge in [0.2, 0.25) is 0 Å². The summed E-state index contributed by atoms with van der Waals surface area (Å²) in [7, 11) is 1.58. The van der Waals surface area contributed by atoms with Crippen molar-refractivity contribution in [1.29, 1.82) is 0 Å². The lowest BCUT2D eigenvalue weighted by Gasteiger charge is -2.08. The number of hydrogen-bond donors (Lipinski definition) is 1. The fraction of sp³-hybridized carbons (Fsp3) is 0.250. The van der Waals surface area contributed by atoms with E-state index in [1.165, 1.54) is 0 Å². The van der Waals surface area contributed by atoms with Gasteiger partial charge < -0.3 is 15.0 Å². The molecule has 0 aliphatic heterocycles. The molecule has 17 heavy (non-hydrogen) atoms. The van der Waals surface area contributed by atoms with E-state index < -0.39 is 0 Å². The lowest BCUT2D eigenvalue weighted by atomic mass is 10.0. The van der Waals surface area contributed by atoms with Gasteiger partial charge in [0.15, 0.2) is 5.76 Å². The predicted octanol–water partition coefficient (Wildman–Crippen LogP) is 3.20. The van der Waals surface area contributed by atoms with Crippen LogP contribution in [0.3, 0.4) is 0 Å². The summed E-state index contributed by atoms with van der Waals surface area (Å²) < 4.78 is 10.4. The number of halogens is 1. The zero-order valence-corrected chi connectivity index (χ0v) is 10.6. The van der Waals surface area contributed by atoms with Crippen LogP contribution in [0.25, 0.3) is 11.3 Å². The average Bonchev–Trinajstić information content (AvgIpc) is 2.63. The van der Waals surface area contributed by atoms with Crippen molar-refractivity contribution in [3.05, 3.63) is 28.4 Å². The number of nitrogen functional groups attached to an aromatic ring is 1. The minimum absolute atomic E-state index is 0.515. The molecule has 0 aliphatic rings. The second-order valence-electron chi connectivity index (χ2n) is 3.81. The number of aromatic nitrogens is 1. The second-order valence-corrected chi connectivity index (χ2v) is 4.22. The molecular weight excluding hydrogens is 240 g/mol. The van der Waals surface area contributed by atoms with Gasteiger partial charge >= 0.3 is 0 Å². The summed E-state index contributed by atoms with van der Waals surface area (Å²) in [4.78, 5) is 0. The van der Waals surface area contributed by atoms with E-state index in [0.717, 1.165) is 11.1 Å². The van der Waals surface area contributed by atoms with Crippen LogP contribution in [-0.4, -0.2) is 12.3 Å². The summed E-state index contributed by atoms with van der Waals surface area (Å²) in [6.45, 7) is 3.73. The highest BCUT2D eigenvalue weighted by atomic mass is 35.5. The van der Waals surface area contributed by atoms with Gasteiger partial charge in [-0.05, 0) is 31.5 Å². The number of anilines is 1. The van der Waals surface area contributed by atoms with Crippen molar-refractivity contribution in [2.24, 2.45) is 0 Å². The molecule has 0 bridgehead atoms. The van der Waals surface area contributed by atoms with Gasteiger partial charge in [0, 0.05) is 5.56 Å². The van der Waals surface area contributed by atoms with Crippen LogP contribution in [0.15, 0.2) is 16.7 Å². The molecular formula is C12H13ClN2O2. The van der Waals surface area contributed by atoms with Crippen LogP contribution < -0.4 is 10.5 Å². The molecule has 0 amide bonds. The highest BCUT2D eigenvalue weighted by Crippen LogP contribution is 2.36. The number of methoxy groups -OCH3 is 1. The molecule has 0 fully saturated rings. The quantitative estimate of drug-likeness (QED) is 0.892. The number of ether oxygens (including phenoxy) is 1. The molecule has 4 nitrogen and oxygen atoms in total. The number of hydrogen-bond acceptors (Lipinski definition) is 4. The first-order valence-electron chi connectivity index (χ1n) is 5.11. The number of rotatable bonds is 2. The summed E-state index contributed by atoms with van der Waals surface area (Å²) in [5.74, 6) is 1.17. The molecule has 0 aliphatic carbocycles. The number of nitrogens with two attached hydrogens (primary N) is 1. The third kappa shape index (κ3) is 1.96. The van der Waals surface area contributed by atoms with E-state index in [1.807, 2.05) is 13.0 Å². The number of benzene rings is 1. The van der Waals surface area contributed by atoms with Crippen LogP contribution in [0.2, 0.25) is 5.02 Å². The van der Waals surface area contributed by atoms with Crippen molar-refractivity contribution >= 4 is 17.3 Å². The Morgan fingerprint density at radius 3 is 2.59 bits per heavy atom. The first-order chi connectivity index (χ1) is 8.04. The Hall–Kier alpha value is -1.68. The molecule has 2 N–H and O–H groups in total. The van der Waals surface area contributed by atoms with Crippen molar-refractivity contribution in [3.63, 3.8) is 0 Å². The Balaban J connectivity index is 2.60. The molecule has 0 atom stereocenters. The Bertz CT molecular complexity index is 564. The molecule has 0 spiro atoms. The molecule has 1 heterocycles. The van der Waals surface area contributed by atoms with Gasteiger partial charge in [0.25, 0.3) is 0 Å². The van der Waals surface area contributed by atoms with Gasteiger partial charge in [0.05, 0.1) is 12.1 Å². The van der Waals surface area contributed by atoms with Crippen LogP contribution in [-0.2, 0) is 0 Å². The maximum absolute atomic E-state index is 6.08. The Labute approximate surface area is 104 Å². The van der Waals surface area contributed by atoms with Gasteiger partial charge in [-0.1, -0.05) is 16.8 Å². The minimum atomic E-state index is 0.515. The SMILES string of the molecule is COc1cc(C)c(-c2onc(C)c2N)cc1Cl. The van der Waals surface area contributed by atoms with Gasteiger partial charge in [-0.2, -0.15) is 0 Å². The van der Waals surface area contributed by atoms with Crippen molar-refractivity contribution in [1.82, 2.24) is 5.16 Å². The van der Waals surface area contributed by atoms with E-state index >= 15 is 0 Å². The Morgan fingerprint density at radius 2 is 2.06 bits per heavy atom. The summed E-state index contributed by atoms with van der Waals surface area (Å²) in [6, 6.07) is 3.61. The molecule has 0 saturated carbocycles. The molecule has 0 radical (unpaired) electrons.